The summed E-state index contributed by atoms with van der Waals surface area (Å²) in [5, 5.41) is 18.4. The second kappa shape index (κ2) is 5.16. The molecule has 3 nitrogen and oxygen atoms in total. The number of hydrogen-bond acceptors (Lipinski definition) is 2. The predicted octanol–water partition coefficient (Wildman–Crippen LogP) is 2.75. The minimum atomic E-state index is -1.84. The highest BCUT2D eigenvalue weighted by Gasteiger charge is 2.22. The summed E-state index contributed by atoms with van der Waals surface area (Å²) in [5.74, 6) is -2.64. The number of carboxylic acid groups (broad SMARTS) is 1. The number of carboxylic acids is 1. The summed E-state index contributed by atoms with van der Waals surface area (Å²) in [6.07, 6.45) is -1.84. The molecule has 0 saturated carbocycles. The molecule has 0 aromatic heterocycles. The molecular formula is C14H10F2O3. The van der Waals surface area contributed by atoms with Crippen LogP contribution in [0.15, 0.2) is 42.5 Å². The van der Waals surface area contributed by atoms with Gasteiger partial charge in [-0.25, -0.2) is 13.6 Å². The first-order chi connectivity index (χ1) is 9.00. The maximum absolute atomic E-state index is 13.9. The predicted molar refractivity (Wildman–Crippen MR) is 64.4 cm³/mol. The van der Waals surface area contributed by atoms with E-state index in [1.54, 1.807) is 0 Å². The zero-order valence-corrected chi connectivity index (χ0v) is 9.68. The Balaban J connectivity index is 2.61. The van der Waals surface area contributed by atoms with E-state index in [9.17, 15) is 18.7 Å². The lowest BCUT2D eigenvalue weighted by molar-refractivity contribution is -0.146. The van der Waals surface area contributed by atoms with E-state index >= 15 is 0 Å². The molecule has 0 radical (unpaired) electrons. The van der Waals surface area contributed by atoms with Gasteiger partial charge >= 0.3 is 5.97 Å². The monoisotopic (exact) mass is 264 g/mol. The Kier molecular flexibility index (Phi) is 3.57. The number of aliphatic hydroxyl groups excluding tert-OH is 1. The summed E-state index contributed by atoms with van der Waals surface area (Å²) in [6.45, 7) is 0. The van der Waals surface area contributed by atoms with Gasteiger partial charge in [-0.3, -0.25) is 0 Å². The Morgan fingerprint density at radius 1 is 1.05 bits per heavy atom. The second-order valence-electron chi connectivity index (χ2n) is 3.95. The topological polar surface area (TPSA) is 57.5 Å². The number of benzene rings is 2. The van der Waals surface area contributed by atoms with Crippen molar-refractivity contribution in [3.8, 4) is 11.1 Å². The molecule has 0 aliphatic rings. The van der Waals surface area contributed by atoms with Crippen molar-refractivity contribution in [2.75, 3.05) is 0 Å². The summed E-state index contributed by atoms with van der Waals surface area (Å²) < 4.78 is 26.7. The van der Waals surface area contributed by atoms with Crippen molar-refractivity contribution < 1.29 is 23.8 Å². The highest BCUT2D eigenvalue weighted by atomic mass is 19.1. The SMILES string of the molecule is O=C(O)C(O)c1cccc(F)c1-c1ccc(F)cc1. The standard InChI is InChI=1S/C14H10F2O3/c15-9-6-4-8(5-7-9)12-10(13(17)14(18)19)2-1-3-11(12)16/h1-7,13,17H,(H,18,19). The average molecular weight is 264 g/mol. The second-order valence-corrected chi connectivity index (χ2v) is 3.95. The largest absolute Gasteiger partial charge is 0.479 e. The van der Waals surface area contributed by atoms with Crippen LogP contribution in [0.2, 0.25) is 0 Å². The molecule has 1 atom stereocenters. The van der Waals surface area contributed by atoms with Gasteiger partial charge in [0.25, 0.3) is 0 Å². The molecule has 1 unspecified atom stereocenters. The number of aliphatic hydroxyl groups is 1. The van der Waals surface area contributed by atoms with Gasteiger partial charge in [-0.2, -0.15) is 0 Å². The van der Waals surface area contributed by atoms with Crippen molar-refractivity contribution in [2.24, 2.45) is 0 Å². The fraction of sp³-hybridized carbons (Fsp3) is 0.0714. The first kappa shape index (κ1) is 13.2. The van der Waals surface area contributed by atoms with Gasteiger partial charge in [-0.15, -0.1) is 0 Å². The molecule has 0 amide bonds. The molecule has 0 aliphatic carbocycles. The zero-order valence-electron chi connectivity index (χ0n) is 9.68. The van der Waals surface area contributed by atoms with Gasteiger partial charge in [0.2, 0.25) is 0 Å². The van der Waals surface area contributed by atoms with E-state index in [0.717, 1.165) is 18.2 Å². The minimum absolute atomic E-state index is 0.0441. The third-order valence-corrected chi connectivity index (χ3v) is 2.71. The van der Waals surface area contributed by atoms with Crippen molar-refractivity contribution in [3.63, 3.8) is 0 Å². The summed E-state index contributed by atoms with van der Waals surface area (Å²) in [4.78, 5) is 10.8. The third-order valence-electron chi connectivity index (χ3n) is 2.71. The number of rotatable bonds is 3. The highest BCUT2D eigenvalue weighted by molar-refractivity contribution is 5.79. The van der Waals surface area contributed by atoms with Crippen LogP contribution in [-0.2, 0) is 4.79 Å². The van der Waals surface area contributed by atoms with Gasteiger partial charge < -0.3 is 10.2 Å². The smallest absolute Gasteiger partial charge is 0.337 e. The van der Waals surface area contributed by atoms with Crippen LogP contribution in [0.25, 0.3) is 11.1 Å². The van der Waals surface area contributed by atoms with E-state index in [1.807, 2.05) is 0 Å². The molecule has 98 valence electrons. The Hall–Kier alpha value is -2.27. The lowest BCUT2D eigenvalue weighted by Gasteiger charge is -2.13. The van der Waals surface area contributed by atoms with Crippen molar-refractivity contribution in [2.45, 2.75) is 6.10 Å². The Labute approximate surface area is 107 Å². The Bertz CT molecular complexity index is 609. The van der Waals surface area contributed by atoms with E-state index in [2.05, 4.69) is 0 Å². The zero-order chi connectivity index (χ0) is 14.0. The van der Waals surface area contributed by atoms with Gasteiger partial charge in [0.1, 0.15) is 11.6 Å². The molecule has 2 rings (SSSR count). The average Bonchev–Trinajstić information content (AvgIpc) is 2.39. The van der Waals surface area contributed by atoms with Gasteiger partial charge in [0.15, 0.2) is 6.10 Å². The van der Waals surface area contributed by atoms with Crippen LogP contribution in [0.4, 0.5) is 8.78 Å². The van der Waals surface area contributed by atoms with Crippen molar-refractivity contribution >= 4 is 5.97 Å². The van der Waals surface area contributed by atoms with Crippen LogP contribution >= 0.6 is 0 Å². The summed E-state index contributed by atoms with van der Waals surface area (Å²) in [6, 6.07) is 8.70. The van der Waals surface area contributed by atoms with Crippen LogP contribution in [0, 0.1) is 11.6 Å². The van der Waals surface area contributed by atoms with Crippen molar-refractivity contribution in [1.82, 2.24) is 0 Å². The van der Waals surface area contributed by atoms with Crippen molar-refractivity contribution in [1.29, 1.82) is 0 Å². The van der Waals surface area contributed by atoms with Crippen LogP contribution < -0.4 is 0 Å². The maximum atomic E-state index is 13.9. The summed E-state index contributed by atoms with van der Waals surface area (Å²) >= 11 is 0. The van der Waals surface area contributed by atoms with Gasteiger partial charge in [-0.1, -0.05) is 24.3 Å². The molecule has 0 fully saturated rings. The highest BCUT2D eigenvalue weighted by Crippen LogP contribution is 2.31. The number of halogens is 2. The Morgan fingerprint density at radius 3 is 2.26 bits per heavy atom. The van der Waals surface area contributed by atoms with E-state index < -0.39 is 23.7 Å². The molecule has 0 saturated heterocycles. The molecule has 0 aliphatic heterocycles. The number of hydrogen-bond donors (Lipinski definition) is 2. The van der Waals surface area contributed by atoms with Crippen LogP contribution in [0.3, 0.4) is 0 Å². The third kappa shape index (κ3) is 2.61. The first-order valence-electron chi connectivity index (χ1n) is 5.46. The molecule has 2 aromatic carbocycles. The molecule has 2 N–H and O–H groups in total. The molecule has 0 heterocycles. The van der Waals surface area contributed by atoms with E-state index in [4.69, 9.17) is 5.11 Å². The first-order valence-corrected chi connectivity index (χ1v) is 5.46. The summed E-state index contributed by atoms with van der Waals surface area (Å²) in [7, 11) is 0. The van der Waals surface area contributed by atoms with Crippen LogP contribution in [0.1, 0.15) is 11.7 Å². The maximum Gasteiger partial charge on any atom is 0.337 e. The molecule has 19 heavy (non-hydrogen) atoms. The Morgan fingerprint density at radius 2 is 1.68 bits per heavy atom. The lowest BCUT2D eigenvalue weighted by Crippen LogP contribution is -2.12. The summed E-state index contributed by atoms with van der Waals surface area (Å²) in [5.41, 5.74) is 0.186. The minimum Gasteiger partial charge on any atom is -0.479 e. The lowest BCUT2D eigenvalue weighted by atomic mass is 9.95. The van der Waals surface area contributed by atoms with Crippen molar-refractivity contribution in [3.05, 3.63) is 59.7 Å². The quantitative estimate of drug-likeness (QED) is 0.896. The van der Waals surface area contributed by atoms with E-state index in [-0.39, 0.29) is 11.1 Å². The molecular weight excluding hydrogens is 254 g/mol. The molecule has 2 aromatic rings. The van der Waals surface area contributed by atoms with Gasteiger partial charge in [0.05, 0.1) is 0 Å². The molecule has 5 heteroatoms. The van der Waals surface area contributed by atoms with Gasteiger partial charge in [-0.05, 0) is 23.8 Å². The van der Waals surface area contributed by atoms with Gasteiger partial charge in [0, 0.05) is 11.1 Å². The normalized spacial score (nSPS) is 12.2. The van der Waals surface area contributed by atoms with E-state index in [1.165, 1.54) is 24.3 Å². The number of carbonyl (C=O) groups is 1. The molecule has 0 bridgehead atoms. The van der Waals surface area contributed by atoms with Crippen LogP contribution in [0.5, 0.6) is 0 Å². The fourth-order valence-electron chi connectivity index (χ4n) is 1.82. The number of aliphatic carboxylic acids is 1. The van der Waals surface area contributed by atoms with E-state index in [0.29, 0.717) is 5.56 Å². The molecule has 0 spiro atoms. The fourth-order valence-corrected chi connectivity index (χ4v) is 1.82. The van der Waals surface area contributed by atoms with Crippen LogP contribution in [-0.4, -0.2) is 16.2 Å².